The summed E-state index contributed by atoms with van der Waals surface area (Å²) in [6, 6.07) is 14.6. The Balaban J connectivity index is 1.71. The number of nitrogens with zero attached hydrogens (tertiary/aromatic N) is 1. The molecule has 1 N–H and O–H groups in total. The molecule has 4 rings (SSSR count). The molecule has 0 aliphatic carbocycles. The summed E-state index contributed by atoms with van der Waals surface area (Å²) < 4.78 is 10.7. The van der Waals surface area contributed by atoms with Gasteiger partial charge in [0, 0.05) is 11.1 Å². The number of anilines is 1. The first-order valence-corrected chi connectivity index (χ1v) is 11.6. The number of rotatable bonds is 7. The number of benzene rings is 3. The number of ketones is 1. The van der Waals surface area contributed by atoms with Gasteiger partial charge in [0.15, 0.2) is 22.9 Å². The first-order valence-electron chi connectivity index (χ1n) is 11.6. The molecule has 1 atom stereocenters. The first-order chi connectivity index (χ1) is 16.6. The summed E-state index contributed by atoms with van der Waals surface area (Å²) in [5.41, 5.74) is 4.26. The number of Topliss-reactive ketones (excluding diaryl/α,β-unsaturated/α-hetero) is 1. The Hall–Kier alpha value is -3.64. The number of carbonyl (C=O) groups is 2. The molecule has 3 aromatic rings. The Bertz CT molecular complexity index is 1300. The van der Waals surface area contributed by atoms with Crippen LogP contribution >= 0.6 is 0 Å². The maximum Gasteiger partial charge on any atom is 0.264 e. The highest BCUT2D eigenvalue weighted by Crippen LogP contribution is 2.44. The second-order valence-corrected chi connectivity index (χ2v) is 9.19. The number of aliphatic hydroxyl groups is 1. The topological polar surface area (TPSA) is 76.1 Å². The van der Waals surface area contributed by atoms with Crippen molar-refractivity contribution in [3.63, 3.8) is 0 Å². The monoisotopic (exact) mass is 473 g/mol. The predicted molar refractivity (Wildman–Crippen MR) is 135 cm³/mol. The van der Waals surface area contributed by atoms with E-state index in [9.17, 15) is 14.7 Å². The van der Waals surface area contributed by atoms with Crippen LogP contribution in [0.5, 0.6) is 11.5 Å². The Morgan fingerprint density at radius 1 is 0.914 bits per heavy atom. The van der Waals surface area contributed by atoms with Crippen molar-refractivity contribution < 1.29 is 24.2 Å². The molecule has 0 spiro atoms. The van der Waals surface area contributed by atoms with Crippen LogP contribution in [0.15, 0.2) is 48.5 Å². The van der Waals surface area contributed by atoms with Gasteiger partial charge >= 0.3 is 0 Å². The van der Waals surface area contributed by atoms with Gasteiger partial charge in [-0.2, -0.15) is 0 Å². The number of aryl methyl sites for hydroxylation is 2. The highest BCUT2D eigenvalue weighted by molar-refractivity contribution is 6.11. The van der Waals surface area contributed by atoms with Gasteiger partial charge in [-0.05, 0) is 73.7 Å². The van der Waals surface area contributed by atoms with Crippen molar-refractivity contribution in [2.24, 2.45) is 0 Å². The second kappa shape index (κ2) is 9.19. The van der Waals surface area contributed by atoms with Gasteiger partial charge in [0.2, 0.25) is 0 Å². The summed E-state index contributed by atoms with van der Waals surface area (Å²) in [5, 5.41) is 11.7. The van der Waals surface area contributed by atoms with E-state index in [1.54, 1.807) is 44.6 Å². The summed E-state index contributed by atoms with van der Waals surface area (Å²) >= 11 is 0. The highest BCUT2D eigenvalue weighted by Gasteiger charge is 2.51. The van der Waals surface area contributed by atoms with Crippen LogP contribution in [0.25, 0.3) is 0 Å². The molecule has 1 heterocycles. The van der Waals surface area contributed by atoms with Crippen LogP contribution in [-0.2, 0) is 16.9 Å². The zero-order valence-corrected chi connectivity index (χ0v) is 21.1. The lowest BCUT2D eigenvalue weighted by Gasteiger charge is -2.24. The molecular weight excluding hydrogens is 442 g/mol. The zero-order chi connectivity index (χ0) is 25.5. The average molecular weight is 474 g/mol. The number of ether oxygens (including phenoxy) is 2. The number of amides is 1. The third kappa shape index (κ3) is 4.08. The summed E-state index contributed by atoms with van der Waals surface area (Å²) in [4.78, 5) is 28.8. The van der Waals surface area contributed by atoms with E-state index in [2.05, 4.69) is 6.07 Å². The standard InChI is InChI=1S/C29H31NO5/c1-17-13-18(2)20(4)27(19(17)3)24(31)15-29(33)22-9-7-8-10-23(22)30(28(29)32)16-21-11-12-25(34-5)26(14-21)35-6/h7-14,33H,15-16H2,1-6H3/t29-/m0/s1. The van der Waals surface area contributed by atoms with Crippen molar-refractivity contribution in [2.75, 3.05) is 19.1 Å². The third-order valence-corrected chi connectivity index (χ3v) is 7.09. The van der Waals surface area contributed by atoms with Crippen LogP contribution in [0.3, 0.4) is 0 Å². The molecule has 0 unspecified atom stereocenters. The lowest BCUT2D eigenvalue weighted by Crippen LogP contribution is -2.41. The van der Waals surface area contributed by atoms with E-state index in [1.807, 2.05) is 39.8 Å². The molecule has 1 aliphatic rings. The number of para-hydroxylation sites is 1. The largest absolute Gasteiger partial charge is 0.493 e. The lowest BCUT2D eigenvalue weighted by molar-refractivity contribution is -0.136. The van der Waals surface area contributed by atoms with Crippen LogP contribution in [0, 0.1) is 27.7 Å². The van der Waals surface area contributed by atoms with Gasteiger partial charge in [0.05, 0.1) is 32.9 Å². The van der Waals surface area contributed by atoms with Crippen LogP contribution in [0.1, 0.15) is 50.2 Å². The summed E-state index contributed by atoms with van der Waals surface area (Å²) in [6.07, 6.45) is -0.324. The molecule has 182 valence electrons. The summed E-state index contributed by atoms with van der Waals surface area (Å²) in [7, 11) is 3.12. The second-order valence-electron chi connectivity index (χ2n) is 9.19. The van der Waals surface area contributed by atoms with Gasteiger partial charge in [-0.25, -0.2) is 0 Å². The van der Waals surface area contributed by atoms with Crippen LogP contribution in [0.4, 0.5) is 5.69 Å². The van der Waals surface area contributed by atoms with Crippen LogP contribution < -0.4 is 14.4 Å². The minimum Gasteiger partial charge on any atom is -0.493 e. The van der Waals surface area contributed by atoms with Crippen molar-refractivity contribution in [3.05, 3.63) is 87.5 Å². The van der Waals surface area contributed by atoms with Gasteiger partial charge < -0.3 is 19.5 Å². The van der Waals surface area contributed by atoms with Gasteiger partial charge in [-0.3, -0.25) is 9.59 Å². The van der Waals surface area contributed by atoms with E-state index in [-0.39, 0.29) is 18.7 Å². The molecule has 1 amide bonds. The quantitative estimate of drug-likeness (QED) is 0.492. The van der Waals surface area contributed by atoms with Gasteiger partial charge in [0.25, 0.3) is 5.91 Å². The van der Waals surface area contributed by atoms with Crippen molar-refractivity contribution in [2.45, 2.75) is 46.3 Å². The molecule has 0 aromatic heterocycles. The van der Waals surface area contributed by atoms with E-state index in [0.29, 0.717) is 28.3 Å². The fourth-order valence-corrected chi connectivity index (χ4v) is 4.95. The van der Waals surface area contributed by atoms with Crippen molar-refractivity contribution in [1.82, 2.24) is 0 Å². The normalized spacial score (nSPS) is 16.9. The maximum absolute atomic E-state index is 13.7. The molecule has 3 aromatic carbocycles. The fourth-order valence-electron chi connectivity index (χ4n) is 4.95. The Morgan fingerprint density at radius 2 is 1.54 bits per heavy atom. The van der Waals surface area contributed by atoms with E-state index in [0.717, 1.165) is 27.8 Å². The lowest BCUT2D eigenvalue weighted by atomic mass is 9.84. The van der Waals surface area contributed by atoms with Crippen molar-refractivity contribution in [1.29, 1.82) is 0 Å². The minimum atomic E-state index is -1.94. The van der Waals surface area contributed by atoms with Crippen molar-refractivity contribution in [3.8, 4) is 11.5 Å². The average Bonchev–Trinajstić information content (AvgIpc) is 3.04. The third-order valence-electron chi connectivity index (χ3n) is 7.09. The van der Waals surface area contributed by atoms with Gasteiger partial charge in [-0.1, -0.05) is 30.3 Å². The molecule has 1 aliphatic heterocycles. The Kier molecular flexibility index (Phi) is 6.43. The van der Waals surface area contributed by atoms with E-state index in [4.69, 9.17) is 9.47 Å². The summed E-state index contributed by atoms with van der Waals surface area (Å²) in [5.74, 6) is 0.383. The van der Waals surface area contributed by atoms with E-state index < -0.39 is 11.5 Å². The molecule has 0 bridgehead atoms. The molecule has 0 fully saturated rings. The molecule has 0 saturated heterocycles. The number of hydrogen-bond acceptors (Lipinski definition) is 5. The SMILES string of the molecule is COc1ccc(CN2C(=O)[C@](O)(CC(=O)c3c(C)c(C)cc(C)c3C)c3ccccc32)cc1OC. The molecule has 0 saturated carbocycles. The van der Waals surface area contributed by atoms with E-state index in [1.165, 1.54) is 4.90 Å². The van der Waals surface area contributed by atoms with Crippen molar-refractivity contribution >= 4 is 17.4 Å². The number of methoxy groups -OCH3 is 2. The van der Waals surface area contributed by atoms with Crippen LogP contribution in [0.2, 0.25) is 0 Å². The summed E-state index contributed by atoms with van der Waals surface area (Å²) in [6.45, 7) is 7.97. The Morgan fingerprint density at radius 3 is 2.17 bits per heavy atom. The molecular formula is C29H31NO5. The molecule has 0 radical (unpaired) electrons. The molecule has 6 nitrogen and oxygen atoms in total. The number of carbonyl (C=O) groups excluding carboxylic acids is 2. The van der Waals surface area contributed by atoms with Gasteiger partial charge in [-0.15, -0.1) is 0 Å². The number of hydrogen-bond donors (Lipinski definition) is 1. The van der Waals surface area contributed by atoms with Crippen LogP contribution in [-0.4, -0.2) is 31.0 Å². The Labute approximate surface area is 206 Å². The smallest absolute Gasteiger partial charge is 0.264 e. The maximum atomic E-state index is 13.7. The minimum absolute atomic E-state index is 0.217. The van der Waals surface area contributed by atoms with Gasteiger partial charge in [0.1, 0.15) is 0 Å². The molecule has 35 heavy (non-hydrogen) atoms. The highest BCUT2D eigenvalue weighted by atomic mass is 16.5. The van der Waals surface area contributed by atoms with E-state index >= 15 is 0 Å². The first kappa shape index (κ1) is 24.5. The molecule has 6 heteroatoms. The number of fused-ring (bicyclic) bond motifs is 1. The fraction of sp³-hybridized carbons (Fsp3) is 0.310. The zero-order valence-electron chi connectivity index (χ0n) is 21.1. The predicted octanol–water partition coefficient (Wildman–Crippen LogP) is 4.94.